The molecule has 1 fully saturated rings. The number of halogens is 3. The van der Waals surface area contributed by atoms with E-state index in [2.05, 4.69) is 5.32 Å². The third-order valence-electron chi connectivity index (χ3n) is 5.64. The molecule has 3 aromatic rings. The fraction of sp³-hybridized carbons (Fsp3) is 0.240. The predicted molar refractivity (Wildman–Crippen MR) is 122 cm³/mol. The third kappa shape index (κ3) is 5.33. The Kier molecular flexibility index (Phi) is 6.86. The molecule has 4 rings (SSSR count). The van der Waals surface area contributed by atoms with Crippen LogP contribution in [0.3, 0.4) is 0 Å². The van der Waals surface area contributed by atoms with E-state index in [1.165, 1.54) is 30.3 Å². The van der Waals surface area contributed by atoms with E-state index < -0.39 is 38.8 Å². The Bertz CT molecular complexity index is 1360. The normalized spacial score (nSPS) is 14.7. The van der Waals surface area contributed by atoms with Crippen molar-refractivity contribution in [2.45, 2.75) is 23.8 Å². The molecule has 1 saturated heterocycles. The van der Waals surface area contributed by atoms with Crippen LogP contribution in [0.15, 0.2) is 65.6 Å². The van der Waals surface area contributed by atoms with Gasteiger partial charge in [0.15, 0.2) is 27.0 Å². The number of hydrogen-bond donors (Lipinski definition) is 1. The van der Waals surface area contributed by atoms with Crippen molar-refractivity contribution in [1.29, 1.82) is 0 Å². The van der Waals surface area contributed by atoms with Gasteiger partial charge in [-0.3, -0.25) is 4.79 Å². The van der Waals surface area contributed by atoms with Gasteiger partial charge in [-0.1, -0.05) is 19.1 Å². The lowest BCUT2D eigenvalue weighted by molar-refractivity contribution is -0.170. The van der Waals surface area contributed by atoms with Gasteiger partial charge in [0, 0.05) is 23.4 Å². The highest BCUT2D eigenvalue weighted by Gasteiger charge is 2.45. The molecule has 0 saturated carbocycles. The van der Waals surface area contributed by atoms with Crippen molar-refractivity contribution in [2.75, 3.05) is 24.3 Å². The Balaban J connectivity index is 1.43. The summed E-state index contributed by atoms with van der Waals surface area (Å²) in [4.78, 5) is 12.6. The molecule has 1 aliphatic heterocycles. The molecule has 1 aliphatic rings. The molecule has 0 bridgehead atoms. The summed E-state index contributed by atoms with van der Waals surface area (Å²) in [6, 6.07) is 12.8. The molecule has 184 valence electrons. The fourth-order valence-electron chi connectivity index (χ4n) is 3.66. The summed E-state index contributed by atoms with van der Waals surface area (Å²) in [5.41, 5.74) is -0.469. The van der Waals surface area contributed by atoms with Crippen molar-refractivity contribution in [2.24, 2.45) is 0 Å². The van der Waals surface area contributed by atoms with Gasteiger partial charge in [0.1, 0.15) is 11.6 Å². The summed E-state index contributed by atoms with van der Waals surface area (Å²) in [5.74, 6) is -2.98. The third-order valence-corrected chi connectivity index (χ3v) is 7.39. The number of hydrogen-bond acceptors (Lipinski definition) is 5. The van der Waals surface area contributed by atoms with Crippen molar-refractivity contribution >= 4 is 21.4 Å². The first-order valence-corrected chi connectivity index (χ1v) is 12.4. The van der Waals surface area contributed by atoms with Gasteiger partial charge in [-0.15, -0.1) is 0 Å². The lowest BCUT2D eigenvalue weighted by Crippen LogP contribution is -2.52. The van der Waals surface area contributed by atoms with Gasteiger partial charge >= 0.3 is 0 Å². The summed E-state index contributed by atoms with van der Waals surface area (Å²) in [7, 11) is -3.33. The average molecular weight is 506 g/mol. The molecule has 0 unspecified atom stereocenters. The minimum Gasteiger partial charge on any atom is -0.474 e. The molecule has 35 heavy (non-hydrogen) atoms. The van der Waals surface area contributed by atoms with Crippen LogP contribution in [-0.2, 0) is 31.4 Å². The van der Waals surface area contributed by atoms with Crippen LogP contribution < -0.4 is 10.1 Å². The number of anilines is 1. The Labute approximate surface area is 200 Å². The Morgan fingerprint density at radius 1 is 1.00 bits per heavy atom. The molecule has 0 aliphatic carbocycles. The van der Waals surface area contributed by atoms with Gasteiger partial charge in [0.05, 0.1) is 30.3 Å². The molecule has 1 N–H and O–H groups in total. The van der Waals surface area contributed by atoms with Crippen LogP contribution >= 0.6 is 0 Å². The van der Waals surface area contributed by atoms with Crippen LogP contribution in [0.2, 0.25) is 0 Å². The molecular formula is C25H22F3NO5S. The first kappa shape index (κ1) is 24.7. The molecular weight excluding hydrogens is 483 g/mol. The van der Waals surface area contributed by atoms with Crippen LogP contribution in [0, 0.1) is 17.5 Å². The van der Waals surface area contributed by atoms with Crippen molar-refractivity contribution in [1.82, 2.24) is 0 Å². The highest BCUT2D eigenvalue weighted by Crippen LogP contribution is 2.38. The van der Waals surface area contributed by atoms with E-state index in [-0.39, 0.29) is 47.3 Å². The van der Waals surface area contributed by atoms with Crippen LogP contribution in [0.1, 0.15) is 18.1 Å². The smallest absolute Gasteiger partial charge is 0.228 e. The van der Waals surface area contributed by atoms with E-state index in [1.54, 1.807) is 19.1 Å². The number of rotatable bonds is 8. The summed E-state index contributed by atoms with van der Waals surface area (Å²) < 4.78 is 77.0. The topological polar surface area (TPSA) is 81.7 Å². The highest BCUT2D eigenvalue weighted by molar-refractivity contribution is 7.91. The summed E-state index contributed by atoms with van der Waals surface area (Å²) in [6.07, 6.45) is -0.0450. The van der Waals surface area contributed by atoms with E-state index in [0.29, 0.717) is 5.56 Å². The number of nitrogens with one attached hydrogen (secondary N) is 1. The van der Waals surface area contributed by atoms with E-state index >= 15 is 0 Å². The summed E-state index contributed by atoms with van der Waals surface area (Å²) in [5, 5.41) is 2.57. The summed E-state index contributed by atoms with van der Waals surface area (Å²) in [6.45, 7) is 1.48. The Morgan fingerprint density at radius 3 is 2.29 bits per heavy atom. The molecule has 6 nitrogen and oxygen atoms in total. The maximum atomic E-state index is 14.8. The van der Waals surface area contributed by atoms with Crippen molar-refractivity contribution in [3.8, 4) is 5.75 Å². The number of carbonyl (C=O) groups excluding carboxylic acids is 1. The predicted octanol–water partition coefficient (Wildman–Crippen LogP) is 4.38. The standard InChI is InChI=1S/C25H22F3NO5S/c1-2-35(31,32)19-7-3-16(4-8-19)11-24(30)29-18-6-10-23(22(28)13-18)34-25(14-33-15-25)20-9-5-17(26)12-21(20)27/h3-10,12-13H,2,11,14-15H2,1H3,(H,29,30). The fourth-order valence-corrected chi connectivity index (χ4v) is 4.54. The SMILES string of the molecule is CCS(=O)(=O)c1ccc(CC(=O)Nc2ccc(OC3(c4ccc(F)cc4F)COC3)c(F)c2)cc1. The lowest BCUT2D eigenvalue weighted by atomic mass is 9.91. The molecule has 0 atom stereocenters. The first-order chi connectivity index (χ1) is 16.6. The quantitative estimate of drug-likeness (QED) is 0.491. The van der Waals surface area contributed by atoms with Crippen molar-refractivity contribution in [3.05, 3.63) is 89.2 Å². The van der Waals surface area contributed by atoms with Crippen LogP contribution in [0.5, 0.6) is 5.75 Å². The number of ether oxygens (including phenoxy) is 2. The number of carbonyl (C=O) groups is 1. The largest absolute Gasteiger partial charge is 0.474 e. The van der Waals surface area contributed by atoms with Crippen molar-refractivity contribution in [3.63, 3.8) is 0 Å². The number of sulfone groups is 1. The molecule has 0 spiro atoms. The average Bonchev–Trinajstić information content (AvgIpc) is 2.78. The van der Waals surface area contributed by atoms with Crippen LogP contribution in [0.25, 0.3) is 0 Å². The number of benzene rings is 3. The molecule has 1 heterocycles. The van der Waals surface area contributed by atoms with Crippen molar-refractivity contribution < 1.29 is 35.9 Å². The molecule has 10 heteroatoms. The van der Waals surface area contributed by atoms with Crippen LogP contribution in [0.4, 0.5) is 18.9 Å². The van der Waals surface area contributed by atoms with Gasteiger partial charge < -0.3 is 14.8 Å². The van der Waals surface area contributed by atoms with Gasteiger partial charge in [-0.05, 0) is 42.0 Å². The maximum absolute atomic E-state index is 14.8. The van der Waals surface area contributed by atoms with E-state index in [4.69, 9.17) is 9.47 Å². The number of amides is 1. The van der Waals surface area contributed by atoms with Gasteiger partial charge in [-0.25, -0.2) is 21.6 Å². The van der Waals surface area contributed by atoms with Gasteiger partial charge in [-0.2, -0.15) is 0 Å². The zero-order valence-electron chi connectivity index (χ0n) is 18.7. The maximum Gasteiger partial charge on any atom is 0.228 e. The highest BCUT2D eigenvalue weighted by atomic mass is 32.2. The Morgan fingerprint density at radius 2 is 1.71 bits per heavy atom. The zero-order valence-corrected chi connectivity index (χ0v) is 19.5. The van der Waals surface area contributed by atoms with E-state index in [9.17, 15) is 26.4 Å². The second-order valence-electron chi connectivity index (χ2n) is 8.13. The van der Waals surface area contributed by atoms with E-state index in [1.807, 2.05) is 0 Å². The monoisotopic (exact) mass is 505 g/mol. The van der Waals surface area contributed by atoms with Gasteiger partial charge in [0.2, 0.25) is 5.91 Å². The second-order valence-corrected chi connectivity index (χ2v) is 10.4. The Hall–Kier alpha value is -3.37. The molecule has 0 aromatic heterocycles. The molecule has 1 amide bonds. The molecule has 0 radical (unpaired) electrons. The zero-order chi connectivity index (χ0) is 25.2. The minimum absolute atomic E-state index is 0.0227. The van der Waals surface area contributed by atoms with E-state index in [0.717, 1.165) is 18.2 Å². The first-order valence-electron chi connectivity index (χ1n) is 10.8. The summed E-state index contributed by atoms with van der Waals surface area (Å²) >= 11 is 0. The second kappa shape index (κ2) is 9.71. The van der Waals surface area contributed by atoms with Gasteiger partial charge in [0.25, 0.3) is 0 Å². The minimum atomic E-state index is -3.33. The lowest BCUT2D eigenvalue weighted by Gasteiger charge is -2.41. The molecule has 3 aromatic carbocycles. The van der Waals surface area contributed by atoms with Crippen LogP contribution in [-0.4, -0.2) is 33.3 Å².